The lowest BCUT2D eigenvalue weighted by atomic mass is 9.78. The highest BCUT2D eigenvalue weighted by atomic mass is 79.9. The third-order valence-corrected chi connectivity index (χ3v) is 7.21. The number of carbonyl (C=O) groups excluding carboxylic acids is 1. The monoisotopic (exact) mass is 456 g/mol. The zero-order valence-electron chi connectivity index (χ0n) is 16.2. The maximum absolute atomic E-state index is 13.2. The number of amides is 1. The molecule has 0 radical (unpaired) electrons. The van der Waals surface area contributed by atoms with E-state index < -0.39 is 0 Å². The van der Waals surface area contributed by atoms with Crippen molar-refractivity contribution in [1.29, 1.82) is 5.26 Å². The minimum atomic E-state index is -0.357. The zero-order valence-corrected chi connectivity index (χ0v) is 17.7. The topological polar surface area (TPSA) is 78.7 Å². The molecule has 5 nitrogen and oxygen atoms in total. The first kappa shape index (κ1) is 20.0. The fraction of sp³-hybridized carbons (Fsp3) is 0.455. The summed E-state index contributed by atoms with van der Waals surface area (Å²) in [4.78, 5) is 21.1. The van der Waals surface area contributed by atoms with Gasteiger partial charge in [0.1, 0.15) is 11.9 Å². The van der Waals surface area contributed by atoms with Gasteiger partial charge in [0, 0.05) is 23.2 Å². The molecule has 4 rings (SSSR count). The Morgan fingerprint density at radius 1 is 1.38 bits per heavy atom. The van der Waals surface area contributed by atoms with Crippen molar-refractivity contribution in [2.75, 3.05) is 0 Å². The summed E-state index contributed by atoms with van der Waals surface area (Å²) in [6.07, 6.45) is 6.72. The summed E-state index contributed by atoms with van der Waals surface area (Å²) in [5.41, 5.74) is 1.20. The molecule has 1 heterocycles. The minimum Gasteiger partial charge on any atom is -0.349 e. The summed E-state index contributed by atoms with van der Waals surface area (Å²) in [6.45, 7) is 2.28. The Labute approximate surface area is 177 Å². The standard InChI is InChI=1S/C22H22BrFN4O/c1-13-3-2-4-16(13)22(9-18-17(23)12-26-20(11-25)27-18)10-19(22)28-21(29)14-5-7-15(24)8-6-14/h5-8,12-13,16,19H,2-4,9-10H2,1H3,(H,28,29)/t13-,16-,19?,22?/m1/s1. The molecule has 1 aromatic heterocycles. The number of hydrogen-bond acceptors (Lipinski definition) is 4. The van der Waals surface area contributed by atoms with E-state index in [0.29, 0.717) is 23.8 Å². The van der Waals surface area contributed by atoms with Gasteiger partial charge in [-0.05, 0) is 71.3 Å². The lowest BCUT2D eigenvalue weighted by Crippen LogP contribution is -2.35. The lowest BCUT2D eigenvalue weighted by Gasteiger charge is -2.28. The van der Waals surface area contributed by atoms with Crippen LogP contribution in [0.5, 0.6) is 0 Å². The minimum absolute atomic E-state index is 0.0398. The van der Waals surface area contributed by atoms with E-state index in [9.17, 15) is 9.18 Å². The Morgan fingerprint density at radius 2 is 2.14 bits per heavy atom. The van der Waals surface area contributed by atoms with Crippen molar-refractivity contribution in [3.05, 3.63) is 57.8 Å². The highest BCUT2D eigenvalue weighted by molar-refractivity contribution is 9.10. The molecule has 0 aliphatic heterocycles. The van der Waals surface area contributed by atoms with E-state index in [1.807, 2.05) is 6.07 Å². The summed E-state index contributed by atoms with van der Waals surface area (Å²) in [5.74, 6) is 0.698. The molecule has 2 aliphatic carbocycles. The van der Waals surface area contributed by atoms with Crippen molar-refractivity contribution < 1.29 is 9.18 Å². The van der Waals surface area contributed by atoms with Gasteiger partial charge < -0.3 is 5.32 Å². The predicted octanol–water partition coefficient (Wildman–Crippen LogP) is 4.42. The van der Waals surface area contributed by atoms with Crippen LogP contribution >= 0.6 is 15.9 Å². The van der Waals surface area contributed by atoms with Gasteiger partial charge >= 0.3 is 0 Å². The van der Waals surface area contributed by atoms with Gasteiger partial charge in [-0.15, -0.1) is 0 Å². The average Bonchev–Trinajstić information content (AvgIpc) is 3.19. The van der Waals surface area contributed by atoms with Gasteiger partial charge in [0.25, 0.3) is 5.91 Å². The average molecular weight is 457 g/mol. The molecule has 0 bridgehead atoms. The molecule has 2 unspecified atom stereocenters. The SMILES string of the molecule is C[C@@H]1CCC[C@H]1C1(Cc2nc(C#N)ncc2Br)CC1NC(=O)c1ccc(F)cc1. The Kier molecular flexibility index (Phi) is 5.39. The van der Waals surface area contributed by atoms with Gasteiger partial charge in [0.15, 0.2) is 0 Å². The van der Waals surface area contributed by atoms with E-state index in [0.717, 1.165) is 23.0 Å². The van der Waals surface area contributed by atoms with Gasteiger partial charge in [-0.1, -0.05) is 19.8 Å². The summed E-state index contributed by atoms with van der Waals surface area (Å²) in [6, 6.07) is 7.66. The molecule has 1 N–H and O–H groups in total. The number of benzene rings is 1. The maximum atomic E-state index is 13.2. The van der Waals surface area contributed by atoms with E-state index in [2.05, 4.69) is 38.1 Å². The highest BCUT2D eigenvalue weighted by Gasteiger charge is 2.61. The number of rotatable bonds is 5. The second-order valence-electron chi connectivity index (χ2n) is 8.26. The van der Waals surface area contributed by atoms with Gasteiger partial charge in [-0.2, -0.15) is 5.26 Å². The molecule has 2 saturated carbocycles. The molecule has 2 fully saturated rings. The molecule has 1 amide bonds. The first-order chi connectivity index (χ1) is 13.9. The fourth-order valence-electron chi connectivity index (χ4n) is 4.99. The molecule has 1 aromatic carbocycles. The maximum Gasteiger partial charge on any atom is 0.251 e. The van der Waals surface area contributed by atoms with Crippen LogP contribution in [0.1, 0.15) is 54.5 Å². The van der Waals surface area contributed by atoms with E-state index in [1.165, 1.54) is 37.1 Å². The van der Waals surface area contributed by atoms with E-state index in [-0.39, 0.29) is 29.0 Å². The van der Waals surface area contributed by atoms with Crippen LogP contribution in [-0.4, -0.2) is 21.9 Å². The molecule has 0 spiro atoms. The predicted molar refractivity (Wildman–Crippen MR) is 109 cm³/mol. The summed E-state index contributed by atoms with van der Waals surface area (Å²) < 4.78 is 14.0. The van der Waals surface area contributed by atoms with Crippen LogP contribution < -0.4 is 5.32 Å². The fourth-order valence-corrected chi connectivity index (χ4v) is 5.32. The molecule has 0 saturated heterocycles. The first-order valence-electron chi connectivity index (χ1n) is 9.91. The van der Waals surface area contributed by atoms with Crippen LogP contribution in [0.3, 0.4) is 0 Å². The largest absolute Gasteiger partial charge is 0.349 e. The van der Waals surface area contributed by atoms with Gasteiger partial charge in [-0.25, -0.2) is 14.4 Å². The van der Waals surface area contributed by atoms with Gasteiger partial charge in [0.05, 0.1) is 10.2 Å². The van der Waals surface area contributed by atoms with Crippen molar-refractivity contribution in [3.63, 3.8) is 0 Å². The van der Waals surface area contributed by atoms with E-state index in [4.69, 9.17) is 5.26 Å². The Bertz CT molecular complexity index is 974. The Hall–Kier alpha value is -2.33. The Morgan fingerprint density at radius 3 is 2.79 bits per heavy atom. The normalized spacial score (nSPS) is 28.0. The van der Waals surface area contributed by atoms with Crippen LogP contribution in [-0.2, 0) is 6.42 Å². The van der Waals surface area contributed by atoms with Crippen LogP contribution in [0.4, 0.5) is 4.39 Å². The summed E-state index contributed by atoms with van der Waals surface area (Å²) in [5, 5.41) is 12.3. The number of carbonyl (C=O) groups is 1. The number of nitrogens with one attached hydrogen (secondary N) is 1. The van der Waals surface area contributed by atoms with Crippen LogP contribution in [0, 0.1) is 34.4 Å². The van der Waals surface area contributed by atoms with E-state index in [1.54, 1.807) is 6.20 Å². The molecule has 150 valence electrons. The van der Waals surface area contributed by atoms with Crippen molar-refractivity contribution in [2.45, 2.75) is 45.1 Å². The van der Waals surface area contributed by atoms with Crippen LogP contribution in [0.2, 0.25) is 0 Å². The molecule has 2 aliphatic rings. The summed E-state index contributed by atoms with van der Waals surface area (Å²) >= 11 is 3.52. The van der Waals surface area contributed by atoms with Crippen molar-refractivity contribution in [3.8, 4) is 6.07 Å². The Balaban J connectivity index is 1.58. The van der Waals surface area contributed by atoms with Crippen LogP contribution in [0.15, 0.2) is 34.9 Å². The number of aromatic nitrogens is 2. The lowest BCUT2D eigenvalue weighted by molar-refractivity contribution is 0.0937. The molecular formula is C22H22BrFN4O. The molecule has 2 aromatic rings. The van der Waals surface area contributed by atoms with Gasteiger partial charge in [0.2, 0.25) is 5.82 Å². The number of halogens is 2. The number of nitrogens with zero attached hydrogens (tertiary/aromatic N) is 3. The van der Waals surface area contributed by atoms with Crippen molar-refractivity contribution in [1.82, 2.24) is 15.3 Å². The second kappa shape index (κ2) is 7.83. The molecule has 29 heavy (non-hydrogen) atoms. The third-order valence-electron chi connectivity index (χ3n) is 6.54. The molecule has 4 atom stereocenters. The highest BCUT2D eigenvalue weighted by Crippen LogP contribution is 2.60. The van der Waals surface area contributed by atoms with Crippen molar-refractivity contribution in [2.24, 2.45) is 17.3 Å². The third kappa shape index (κ3) is 3.91. The molecular weight excluding hydrogens is 435 g/mol. The zero-order chi connectivity index (χ0) is 20.6. The number of hydrogen-bond donors (Lipinski definition) is 1. The summed E-state index contributed by atoms with van der Waals surface area (Å²) in [7, 11) is 0. The van der Waals surface area contributed by atoms with Crippen LogP contribution in [0.25, 0.3) is 0 Å². The smallest absolute Gasteiger partial charge is 0.251 e. The first-order valence-corrected chi connectivity index (χ1v) is 10.7. The van der Waals surface area contributed by atoms with Crippen molar-refractivity contribution >= 4 is 21.8 Å². The second-order valence-corrected chi connectivity index (χ2v) is 9.12. The van der Waals surface area contributed by atoms with E-state index >= 15 is 0 Å². The number of nitriles is 1. The quantitative estimate of drug-likeness (QED) is 0.721. The van der Waals surface area contributed by atoms with Gasteiger partial charge in [-0.3, -0.25) is 4.79 Å². The molecule has 7 heteroatoms.